The average molecular weight is 389 g/mol. The van der Waals surface area contributed by atoms with Crippen molar-refractivity contribution in [1.29, 1.82) is 5.26 Å². The lowest BCUT2D eigenvalue weighted by atomic mass is 10.1. The molecule has 7 heteroatoms. The van der Waals surface area contributed by atoms with E-state index in [2.05, 4.69) is 10.6 Å². The number of methoxy groups -OCH3 is 1. The average Bonchev–Trinajstić information content (AvgIpc) is 2.74. The molecule has 0 aliphatic rings. The Morgan fingerprint density at radius 3 is 2.31 bits per heavy atom. The van der Waals surface area contributed by atoms with Crippen molar-refractivity contribution in [3.05, 3.63) is 89.2 Å². The first-order valence-electron chi connectivity index (χ1n) is 8.56. The molecule has 0 spiro atoms. The van der Waals surface area contributed by atoms with Crippen molar-refractivity contribution in [2.24, 2.45) is 0 Å². The molecule has 3 rings (SSSR count). The highest BCUT2D eigenvalue weighted by Crippen LogP contribution is 2.28. The van der Waals surface area contributed by atoms with Gasteiger partial charge in [0, 0.05) is 16.8 Å². The van der Waals surface area contributed by atoms with Gasteiger partial charge < -0.3 is 15.4 Å². The summed E-state index contributed by atoms with van der Waals surface area (Å²) in [4.78, 5) is 24.8. The summed E-state index contributed by atoms with van der Waals surface area (Å²) in [7, 11) is 1.45. The zero-order valence-corrected chi connectivity index (χ0v) is 15.4. The number of hydrogen-bond donors (Lipinski definition) is 2. The van der Waals surface area contributed by atoms with E-state index in [4.69, 9.17) is 10.00 Å². The van der Waals surface area contributed by atoms with Gasteiger partial charge >= 0.3 is 0 Å². The third-order valence-electron chi connectivity index (χ3n) is 4.07. The minimum Gasteiger partial charge on any atom is -0.495 e. The second kappa shape index (κ2) is 8.67. The van der Waals surface area contributed by atoms with Gasteiger partial charge in [-0.25, -0.2) is 4.39 Å². The Balaban J connectivity index is 1.80. The zero-order chi connectivity index (χ0) is 20.8. The molecule has 2 amide bonds. The highest BCUT2D eigenvalue weighted by molar-refractivity contribution is 6.07. The van der Waals surface area contributed by atoms with Crippen LogP contribution in [0, 0.1) is 17.1 Å². The predicted octanol–water partition coefficient (Wildman–Crippen LogP) is 4.21. The number of nitrogens with zero attached hydrogens (tertiary/aromatic N) is 1. The van der Waals surface area contributed by atoms with E-state index < -0.39 is 11.7 Å². The van der Waals surface area contributed by atoms with Crippen LogP contribution in [-0.4, -0.2) is 18.9 Å². The second-order valence-electron chi connectivity index (χ2n) is 6.02. The fourth-order valence-corrected chi connectivity index (χ4v) is 2.61. The molecule has 6 nitrogen and oxygen atoms in total. The summed E-state index contributed by atoms with van der Waals surface area (Å²) in [5.74, 6) is -1.03. The molecule has 0 bridgehead atoms. The van der Waals surface area contributed by atoms with Crippen molar-refractivity contribution >= 4 is 23.2 Å². The Hall–Kier alpha value is -4.18. The molecule has 2 N–H and O–H groups in total. The Kier molecular flexibility index (Phi) is 5.85. The summed E-state index contributed by atoms with van der Waals surface area (Å²) in [5.41, 5.74) is 1.73. The van der Waals surface area contributed by atoms with Crippen LogP contribution >= 0.6 is 0 Å². The van der Waals surface area contributed by atoms with E-state index in [0.29, 0.717) is 28.3 Å². The molecule has 3 aromatic carbocycles. The molecule has 0 aliphatic heterocycles. The number of amides is 2. The monoisotopic (exact) mass is 389 g/mol. The van der Waals surface area contributed by atoms with Gasteiger partial charge in [-0.15, -0.1) is 0 Å². The van der Waals surface area contributed by atoms with Crippen molar-refractivity contribution in [2.45, 2.75) is 0 Å². The van der Waals surface area contributed by atoms with Crippen LogP contribution in [0.5, 0.6) is 5.75 Å². The summed E-state index contributed by atoms with van der Waals surface area (Å²) in [6, 6.07) is 18.2. The van der Waals surface area contributed by atoms with Crippen LogP contribution in [0.25, 0.3) is 0 Å². The van der Waals surface area contributed by atoms with Gasteiger partial charge in [-0.1, -0.05) is 6.07 Å². The van der Waals surface area contributed by atoms with Gasteiger partial charge in [0.25, 0.3) is 11.8 Å². The summed E-state index contributed by atoms with van der Waals surface area (Å²) < 4.78 is 18.6. The molecule has 0 heterocycles. The fraction of sp³-hybridized carbons (Fsp3) is 0.0455. The third kappa shape index (κ3) is 4.76. The van der Waals surface area contributed by atoms with Gasteiger partial charge in [-0.3, -0.25) is 9.59 Å². The maximum atomic E-state index is 13.4. The van der Waals surface area contributed by atoms with Gasteiger partial charge in [0.1, 0.15) is 11.6 Å². The molecule has 0 saturated heterocycles. The summed E-state index contributed by atoms with van der Waals surface area (Å²) in [6.45, 7) is 0. The predicted molar refractivity (Wildman–Crippen MR) is 106 cm³/mol. The number of nitriles is 1. The van der Waals surface area contributed by atoms with Gasteiger partial charge in [0.05, 0.1) is 24.4 Å². The van der Waals surface area contributed by atoms with Gasteiger partial charge in [-0.2, -0.15) is 5.26 Å². The first kappa shape index (κ1) is 19.6. The molecular formula is C22H16FN3O3. The van der Waals surface area contributed by atoms with Crippen molar-refractivity contribution in [2.75, 3.05) is 17.7 Å². The molecule has 3 aromatic rings. The number of carbonyl (C=O) groups excluding carboxylic acids is 2. The SMILES string of the molecule is COc1ccc(NC(=O)c2ccc(C#N)cc2)cc1NC(=O)c1cccc(F)c1. The van der Waals surface area contributed by atoms with E-state index in [1.54, 1.807) is 36.4 Å². The third-order valence-corrected chi connectivity index (χ3v) is 4.07. The van der Waals surface area contributed by atoms with E-state index in [1.807, 2.05) is 6.07 Å². The molecule has 0 fully saturated rings. The van der Waals surface area contributed by atoms with Crippen LogP contribution in [-0.2, 0) is 0 Å². The van der Waals surface area contributed by atoms with E-state index in [9.17, 15) is 14.0 Å². The standard InChI is InChI=1S/C22H16FN3O3/c1-29-20-10-9-18(25-21(27)15-7-5-14(13-24)6-8-15)12-19(20)26-22(28)16-3-2-4-17(23)11-16/h2-12H,1H3,(H,25,27)(H,26,28). The molecule has 29 heavy (non-hydrogen) atoms. The van der Waals surface area contributed by atoms with Crippen LogP contribution in [0.3, 0.4) is 0 Å². The Morgan fingerprint density at radius 1 is 0.931 bits per heavy atom. The van der Waals surface area contributed by atoms with E-state index in [0.717, 1.165) is 6.07 Å². The van der Waals surface area contributed by atoms with E-state index in [-0.39, 0.29) is 11.5 Å². The van der Waals surface area contributed by atoms with Crippen molar-refractivity contribution < 1.29 is 18.7 Å². The molecule has 0 radical (unpaired) electrons. The summed E-state index contributed by atoms with van der Waals surface area (Å²) in [6.07, 6.45) is 0. The quantitative estimate of drug-likeness (QED) is 0.684. The highest BCUT2D eigenvalue weighted by Gasteiger charge is 2.13. The lowest BCUT2D eigenvalue weighted by molar-refractivity contribution is 0.101. The molecule has 0 aliphatic carbocycles. The molecule has 144 valence electrons. The maximum absolute atomic E-state index is 13.4. The van der Waals surface area contributed by atoms with E-state index in [1.165, 1.54) is 31.4 Å². The molecular weight excluding hydrogens is 373 g/mol. The number of ether oxygens (including phenoxy) is 1. The maximum Gasteiger partial charge on any atom is 0.255 e. The molecule has 0 atom stereocenters. The number of rotatable bonds is 5. The van der Waals surface area contributed by atoms with Gasteiger partial charge in [-0.05, 0) is 60.7 Å². The van der Waals surface area contributed by atoms with Crippen molar-refractivity contribution in [3.63, 3.8) is 0 Å². The number of nitrogens with one attached hydrogen (secondary N) is 2. The first-order chi connectivity index (χ1) is 14.0. The topological polar surface area (TPSA) is 91.2 Å². The number of benzene rings is 3. The first-order valence-corrected chi connectivity index (χ1v) is 8.56. The van der Waals surface area contributed by atoms with Crippen LogP contribution in [0.4, 0.5) is 15.8 Å². The summed E-state index contributed by atoms with van der Waals surface area (Å²) >= 11 is 0. The van der Waals surface area contributed by atoms with Crippen LogP contribution in [0.15, 0.2) is 66.7 Å². The minimum absolute atomic E-state index is 0.152. The largest absolute Gasteiger partial charge is 0.495 e. The summed E-state index contributed by atoms with van der Waals surface area (Å²) in [5, 5.41) is 14.2. The molecule has 0 aromatic heterocycles. The molecule has 0 saturated carbocycles. The number of halogens is 1. The number of carbonyl (C=O) groups is 2. The smallest absolute Gasteiger partial charge is 0.255 e. The number of hydrogen-bond acceptors (Lipinski definition) is 4. The lowest BCUT2D eigenvalue weighted by Gasteiger charge is -2.13. The normalized spacial score (nSPS) is 9.97. The second-order valence-corrected chi connectivity index (χ2v) is 6.02. The van der Waals surface area contributed by atoms with Crippen molar-refractivity contribution in [3.8, 4) is 11.8 Å². The van der Waals surface area contributed by atoms with Gasteiger partial charge in [0.15, 0.2) is 0 Å². The zero-order valence-electron chi connectivity index (χ0n) is 15.4. The van der Waals surface area contributed by atoms with Crippen LogP contribution in [0.2, 0.25) is 0 Å². The van der Waals surface area contributed by atoms with Crippen LogP contribution < -0.4 is 15.4 Å². The van der Waals surface area contributed by atoms with Crippen LogP contribution in [0.1, 0.15) is 26.3 Å². The molecule has 0 unspecified atom stereocenters. The van der Waals surface area contributed by atoms with E-state index >= 15 is 0 Å². The Labute approximate surface area is 166 Å². The fourth-order valence-electron chi connectivity index (χ4n) is 2.61. The van der Waals surface area contributed by atoms with Gasteiger partial charge in [0.2, 0.25) is 0 Å². The Morgan fingerprint density at radius 2 is 1.66 bits per heavy atom. The Bertz CT molecular complexity index is 1110. The number of anilines is 2. The highest BCUT2D eigenvalue weighted by atomic mass is 19.1. The minimum atomic E-state index is -0.520. The van der Waals surface area contributed by atoms with Crippen molar-refractivity contribution in [1.82, 2.24) is 0 Å². The lowest BCUT2D eigenvalue weighted by Crippen LogP contribution is -2.15.